The van der Waals surface area contributed by atoms with Crippen LogP contribution >= 0.6 is 0 Å². The van der Waals surface area contributed by atoms with Gasteiger partial charge >= 0.3 is 0 Å². The molecule has 0 bridgehead atoms. The van der Waals surface area contributed by atoms with Crippen LogP contribution in [0.4, 0.5) is 0 Å². The summed E-state index contributed by atoms with van der Waals surface area (Å²) in [6.07, 6.45) is 6.77. The molecule has 0 aliphatic rings. The maximum atomic E-state index is 2.29. The van der Waals surface area contributed by atoms with Crippen molar-refractivity contribution in [3.8, 4) is 0 Å². The van der Waals surface area contributed by atoms with E-state index in [1.807, 2.05) is 0 Å². The lowest BCUT2D eigenvalue weighted by molar-refractivity contribution is 0.958. The molecular formula is C17H17N. The van der Waals surface area contributed by atoms with Gasteiger partial charge in [0, 0.05) is 17.0 Å². The molecule has 1 aromatic heterocycles. The van der Waals surface area contributed by atoms with Gasteiger partial charge in [0.05, 0.1) is 11.0 Å². The fourth-order valence-corrected chi connectivity index (χ4v) is 2.46. The van der Waals surface area contributed by atoms with Crippen LogP contribution in [0.1, 0.15) is 19.8 Å². The van der Waals surface area contributed by atoms with E-state index in [1.54, 1.807) is 0 Å². The molecule has 3 rings (SSSR count). The van der Waals surface area contributed by atoms with Crippen molar-refractivity contribution < 1.29 is 0 Å². The lowest BCUT2D eigenvalue weighted by atomic mass is 10.2. The summed E-state index contributed by atoms with van der Waals surface area (Å²) in [6.45, 7) is 2.20. The van der Waals surface area contributed by atoms with Gasteiger partial charge < -0.3 is 4.57 Å². The minimum atomic E-state index is 1.13. The van der Waals surface area contributed by atoms with Crippen molar-refractivity contribution in [2.45, 2.75) is 19.8 Å². The maximum absolute atomic E-state index is 2.29. The molecule has 0 aliphatic heterocycles. The number of allylic oxidation sites excluding steroid dienone is 1. The zero-order valence-corrected chi connectivity index (χ0v) is 10.6. The number of unbranched alkanes of at least 4 members (excludes halogenated alkanes) is 1. The van der Waals surface area contributed by atoms with Crippen molar-refractivity contribution in [3.05, 3.63) is 54.6 Å². The molecule has 2 aromatic carbocycles. The predicted molar refractivity (Wildman–Crippen MR) is 79.7 cm³/mol. The Kier molecular flexibility index (Phi) is 2.89. The largest absolute Gasteiger partial charge is 0.316 e. The first-order chi connectivity index (χ1) is 8.92. The maximum Gasteiger partial charge on any atom is 0.0534 e. The Labute approximate surface area is 107 Å². The first kappa shape index (κ1) is 11.1. The quantitative estimate of drug-likeness (QED) is 0.597. The summed E-state index contributed by atoms with van der Waals surface area (Å²) in [5.74, 6) is 0. The number of aromatic nitrogens is 1. The van der Waals surface area contributed by atoms with Crippen LogP contribution in [0.2, 0.25) is 0 Å². The molecule has 90 valence electrons. The van der Waals surface area contributed by atoms with Gasteiger partial charge in [-0.2, -0.15) is 0 Å². The van der Waals surface area contributed by atoms with E-state index in [0.717, 1.165) is 6.42 Å². The Morgan fingerprint density at radius 1 is 0.889 bits per heavy atom. The van der Waals surface area contributed by atoms with E-state index in [0.29, 0.717) is 0 Å². The lowest BCUT2D eigenvalue weighted by Crippen LogP contribution is -1.84. The van der Waals surface area contributed by atoms with Crippen molar-refractivity contribution >= 4 is 28.0 Å². The molecule has 1 nitrogen and oxygen atoms in total. The Hall–Kier alpha value is -2.02. The lowest BCUT2D eigenvalue weighted by Gasteiger charge is -1.99. The molecule has 0 saturated heterocycles. The number of nitrogens with zero attached hydrogens (tertiary/aromatic N) is 1. The number of para-hydroxylation sites is 2. The highest BCUT2D eigenvalue weighted by Crippen LogP contribution is 2.28. The second-order valence-electron chi connectivity index (χ2n) is 4.58. The summed E-state index contributed by atoms with van der Waals surface area (Å²) in [5.41, 5.74) is 2.57. The molecule has 0 spiro atoms. The first-order valence-corrected chi connectivity index (χ1v) is 6.56. The van der Waals surface area contributed by atoms with E-state index in [1.165, 1.54) is 28.2 Å². The van der Waals surface area contributed by atoms with E-state index < -0.39 is 0 Å². The van der Waals surface area contributed by atoms with Gasteiger partial charge in [-0.3, -0.25) is 0 Å². The summed E-state index contributed by atoms with van der Waals surface area (Å²) in [6, 6.07) is 17.2. The van der Waals surface area contributed by atoms with E-state index in [2.05, 4.69) is 72.3 Å². The molecule has 0 aliphatic carbocycles. The standard InChI is InChI=1S/C17H17N/c1-2-3-8-13-18-16-11-6-4-9-14(16)15-10-5-7-12-17(15)18/h4-13H,2-3H2,1H3. The van der Waals surface area contributed by atoms with Gasteiger partial charge in [0.15, 0.2) is 0 Å². The average Bonchev–Trinajstić information content (AvgIpc) is 2.74. The fourth-order valence-electron chi connectivity index (χ4n) is 2.46. The van der Waals surface area contributed by atoms with E-state index in [4.69, 9.17) is 0 Å². The molecule has 0 radical (unpaired) electrons. The molecule has 0 N–H and O–H groups in total. The second kappa shape index (κ2) is 4.69. The summed E-state index contributed by atoms with van der Waals surface area (Å²) >= 11 is 0. The van der Waals surface area contributed by atoms with Gasteiger partial charge in [0.2, 0.25) is 0 Å². The highest BCUT2D eigenvalue weighted by molar-refractivity contribution is 6.09. The monoisotopic (exact) mass is 235 g/mol. The van der Waals surface area contributed by atoms with Crippen LogP contribution in [0.25, 0.3) is 28.0 Å². The van der Waals surface area contributed by atoms with Crippen LogP contribution in [0.3, 0.4) is 0 Å². The normalized spacial score (nSPS) is 11.8. The van der Waals surface area contributed by atoms with Gasteiger partial charge in [-0.1, -0.05) is 55.8 Å². The Balaban J connectivity index is 2.31. The molecule has 0 atom stereocenters. The SMILES string of the molecule is CCCC=Cn1c2ccccc2c2ccccc21. The Morgan fingerprint density at radius 3 is 2.00 bits per heavy atom. The number of rotatable bonds is 3. The van der Waals surface area contributed by atoms with Gasteiger partial charge in [-0.25, -0.2) is 0 Å². The minimum absolute atomic E-state index is 1.13. The fraction of sp³-hybridized carbons (Fsp3) is 0.176. The number of hydrogen-bond acceptors (Lipinski definition) is 0. The van der Waals surface area contributed by atoms with Crippen LogP contribution in [0, 0.1) is 0 Å². The summed E-state index contributed by atoms with van der Waals surface area (Å²) in [5, 5.41) is 2.66. The van der Waals surface area contributed by atoms with Crippen molar-refractivity contribution in [1.29, 1.82) is 0 Å². The molecule has 0 saturated carbocycles. The molecule has 3 aromatic rings. The van der Waals surface area contributed by atoms with Gasteiger partial charge in [0.1, 0.15) is 0 Å². The summed E-state index contributed by atoms with van der Waals surface area (Å²) in [7, 11) is 0. The molecule has 0 fully saturated rings. The van der Waals surface area contributed by atoms with Crippen molar-refractivity contribution in [2.24, 2.45) is 0 Å². The van der Waals surface area contributed by atoms with E-state index in [9.17, 15) is 0 Å². The molecular weight excluding hydrogens is 218 g/mol. The number of fused-ring (bicyclic) bond motifs is 3. The van der Waals surface area contributed by atoms with Gasteiger partial charge in [-0.15, -0.1) is 0 Å². The van der Waals surface area contributed by atoms with Crippen molar-refractivity contribution in [3.63, 3.8) is 0 Å². The molecule has 1 heteroatoms. The van der Waals surface area contributed by atoms with Crippen molar-refractivity contribution in [2.75, 3.05) is 0 Å². The Morgan fingerprint density at radius 2 is 1.44 bits per heavy atom. The molecule has 18 heavy (non-hydrogen) atoms. The van der Waals surface area contributed by atoms with E-state index in [-0.39, 0.29) is 0 Å². The van der Waals surface area contributed by atoms with E-state index >= 15 is 0 Å². The number of hydrogen-bond donors (Lipinski definition) is 0. The van der Waals surface area contributed by atoms with Crippen LogP contribution in [-0.2, 0) is 0 Å². The third-order valence-electron chi connectivity index (χ3n) is 3.33. The van der Waals surface area contributed by atoms with Crippen LogP contribution < -0.4 is 0 Å². The summed E-state index contributed by atoms with van der Waals surface area (Å²) in [4.78, 5) is 0. The van der Waals surface area contributed by atoms with Crippen LogP contribution in [0.15, 0.2) is 54.6 Å². The molecule has 1 heterocycles. The summed E-state index contributed by atoms with van der Waals surface area (Å²) < 4.78 is 2.29. The molecule has 0 amide bonds. The Bertz CT molecular complexity index is 651. The zero-order chi connectivity index (χ0) is 12.4. The predicted octanol–water partition coefficient (Wildman–Crippen LogP) is 5.07. The van der Waals surface area contributed by atoms with Crippen molar-refractivity contribution in [1.82, 2.24) is 4.57 Å². The average molecular weight is 235 g/mol. The topological polar surface area (TPSA) is 4.93 Å². The van der Waals surface area contributed by atoms with Crippen LogP contribution in [0.5, 0.6) is 0 Å². The second-order valence-corrected chi connectivity index (χ2v) is 4.58. The van der Waals surface area contributed by atoms with Gasteiger partial charge in [-0.05, 0) is 18.6 Å². The third kappa shape index (κ3) is 1.72. The highest BCUT2D eigenvalue weighted by atomic mass is 14.9. The first-order valence-electron chi connectivity index (χ1n) is 6.56. The molecule has 0 unspecified atom stereocenters. The smallest absolute Gasteiger partial charge is 0.0534 e. The number of benzene rings is 2. The zero-order valence-electron chi connectivity index (χ0n) is 10.6. The van der Waals surface area contributed by atoms with Gasteiger partial charge in [0.25, 0.3) is 0 Å². The third-order valence-corrected chi connectivity index (χ3v) is 3.33. The minimum Gasteiger partial charge on any atom is -0.316 e. The highest BCUT2D eigenvalue weighted by Gasteiger charge is 2.06. The van der Waals surface area contributed by atoms with Crippen LogP contribution in [-0.4, -0.2) is 4.57 Å².